The Kier molecular flexibility index (Phi) is 7.14. The zero-order valence-electron chi connectivity index (χ0n) is 16.9. The van der Waals surface area contributed by atoms with Crippen molar-refractivity contribution in [2.75, 3.05) is 17.2 Å². The summed E-state index contributed by atoms with van der Waals surface area (Å²) in [5.74, 6) is 0.474. The fourth-order valence-corrected chi connectivity index (χ4v) is 5.23. The number of amidine groups is 1. The van der Waals surface area contributed by atoms with Crippen LogP contribution in [0.1, 0.15) is 57.9 Å². The van der Waals surface area contributed by atoms with Crippen molar-refractivity contribution in [1.29, 1.82) is 0 Å². The van der Waals surface area contributed by atoms with E-state index in [2.05, 4.69) is 11.8 Å². The van der Waals surface area contributed by atoms with E-state index in [0.29, 0.717) is 17.5 Å². The van der Waals surface area contributed by atoms with Crippen LogP contribution in [0.25, 0.3) is 0 Å². The number of carbonyl (C=O) groups is 1. The van der Waals surface area contributed by atoms with E-state index in [0.717, 1.165) is 43.1 Å². The van der Waals surface area contributed by atoms with Crippen molar-refractivity contribution < 1.29 is 18.0 Å². The minimum atomic E-state index is -4.39. The van der Waals surface area contributed by atoms with Crippen LogP contribution in [-0.2, 0) is 11.0 Å². The fourth-order valence-electron chi connectivity index (χ4n) is 4.00. The number of aliphatic imine (C=N–C) groups is 1. The summed E-state index contributed by atoms with van der Waals surface area (Å²) in [5, 5.41) is 0.960. The van der Waals surface area contributed by atoms with Crippen LogP contribution in [0.15, 0.2) is 29.3 Å². The van der Waals surface area contributed by atoms with E-state index in [-0.39, 0.29) is 12.1 Å². The Morgan fingerprint density at radius 1 is 1.21 bits per heavy atom. The molecule has 1 atom stereocenters. The minimum Gasteiger partial charge on any atom is -0.330 e. The van der Waals surface area contributed by atoms with Crippen LogP contribution in [0.4, 0.5) is 18.9 Å². The second kappa shape index (κ2) is 9.41. The maximum absolute atomic E-state index is 12.9. The molecule has 0 bridgehead atoms. The smallest absolute Gasteiger partial charge is 0.330 e. The number of rotatable bonds is 5. The Balaban J connectivity index is 1.86. The number of thioether (sulfide) groups is 1. The van der Waals surface area contributed by atoms with Crippen molar-refractivity contribution in [1.82, 2.24) is 4.90 Å². The lowest BCUT2D eigenvalue weighted by Crippen LogP contribution is -2.50. The highest BCUT2D eigenvalue weighted by Gasteiger charge is 2.37. The summed E-state index contributed by atoms with van der Waals surface area (Å²) in [6.45, 7) is 4.30. The third-order valence-corrected chi connectivity index (χ3v) is 6.47. The molecule has 1 amide bonds. The maximum Gasteiger partial charge on any atom is 0.416 e. The zero-order chi connectivity index (χ0) is 21.0. The van der Waals surface area contributed by atoms with Crippen LogP contribution in [0.3, 0.4) is 0 Å². The number of amides is 1. The van der Waals surface area contributed by atoms with E-state index >= 15 is 0 Å². The highest BCUT2D eigenvalue weighted by molar-refractivity contribution is 8.14. The molecule has 1 unspecified atom stereocenters. The van der Waals surface area contributed by atoms with E-state index in [4.69, 9.17) is 4.99 Å². The van der Waals surface area contributed by atoms with Crippen molar-refractivity contribution in [3.8, 4) is 0 Å². The molecule has 1 aliphatic heterocycles. The number of alkyl halides is 3. The predicted octanol–water partition coefficient (Wildman–Crippen LogP) is 5.53. The van der Waals surface area contributed by atoms with E-state index in [1.165, 1.54) is 38.3 Å². The van der Waals surface area contributed by atoms with E-state index < -0.39 is 11.7 Å². The topological polar surface area (TPSA) is 35.9 Å². The first kappa shape index (κ1) is 22.0. The first-order valence-corrected chi connectivity index (χ1v) is 11.2. The molecule has 4 nitrogen and oxygen atoms in total. The first-order valence-electron chi connectivity index (χ1n) is 10.3. The molecule has 160 valence electrons. The molecular weight excluding hydrogens is 399 g/mol. The van der Waals surface area contributed by atoms with Gasteiger partial charge in [-0.15, -0.1) is 0 Å². The number of halogens is 3. The summed E-state index contributed by atoms with van der Waals surface area (Å²) in [4.78, 5) is 21.2. The highest BCUT2D eigenvalue weighted by atomic mass is 32.2. The summed E-state index contributed by atoms with van der Waals surface area (Å²) < 4.78 is 38.7. The molecule has 0 N–H and O–H groups in total. The van der Waals surface area contributed by atoms with Crippen LogP contribution < -0.4 is 4.90 Å². The van der Waals surface area contributed by atoms with Gasteiger partial charge < -0.3 is 4.90 Å². The fraction of sp³-hybridized carbons (Fsp3) is 0.619. The Morgan fingerprint density at radius 2 is 1.86 bits per heavy atom. The Labute approximate surface area is 174 Å². The summed E-state index contributed by atoms with van der Waals surface area (Å²) in [6.07, 6.45) is 2.14. The van der Waals surface area contributed by atoms with Crippen molar-refractivity contribution in [2.24, 2.45) is 4.99 Å². The summed E-state index contributed by atoms with van der Waals surface area (Å²) in [6, 6.07) is 5.18. The number of hydrogen-bond donors (Lipinski definition) is 0. The van der Waals surface area contributed by atoms with Gasteiger partial charge in [0.05, 0.1) is 11.6 Å². The van der Waals surface area contributed by atoms with Gasteiger partial charge in [0.2, 0.25) is 5.91 Å². The number of hydrogen-bond acceptors (Lipinski definition) is 3. The van der Waals surface area contributed by atoms with E-state index in [9.17, 15) is 18.0 Å². The van der Waals surface area contributed by atoms with Gasteiger partial charge in [-0.2, -0.15) is 13.2 Å². The lowest BCUT2D eigenvalue weighted by Gasteiger charge is -2.35. The molecule has 29 heavy (non-hydrogen) atoms. The molecule has 1 aromatic carbocycles. The van der Waals surface area contributed by atoms with Crippen LogP contribution >= 0.6 is 11.8 Å². The third-order valence-electron chi connectivity index (χ3n) is 5.41. The zero-order valence-corrected chi connectivity index (χ0v) is 17.7. The molecule has 8 heteroatoms. The Morgan fingerprint density at radius 3 is 2.41 bits per heavy atom. The second-order valence-corrected chi connectivity index (χ2v) is 8.61. The lowest BCUT2D eigenvalue weighted by molar-refractivity contribution is -0.137. The number of nitrogens with zero attached hydrogens (tertiary/aromatic N) is 3. The lowest BCUT2D eigenvalue weighted by atomic mass is 9.96. The number of benzene rings is 1. The summed E-state index contributed by atoms with van der Waals surface area (Å²) in [5.41, 5.74) is -0.230. The molecule has 2 aliphatic rings. The molecule has 1 heterocycles. The van der Waals surface area contributed by atoms with Gasteiger partial charge in [-0.1, -0.05) is 37.9 Å². The van der Waals surface area contributed by atoms with Crippen LogP contribution in [0.5, 0.6) is 0 Å². The molecule has 0 aromatic heterocycles. The van der Waals surface area contributed by atoms with Gasteiger partial charge in [0.15, 0.2) is 5.17 Å². The van der Waals surface area contributed by atoms with E-state index in [1.54, 1.807) is 16.7 Å². The molecule has 1 aromatic rings. The van der Waals surface area contributed by atoms with Gasteiger partial charge in [0.25, 0.3) is 0 Å². The molecule has 0 radical (unpaired) electrons. The average molecular weight is 428 g/mol. The average Bonchev–Trinajstić information content (AvgIpc) is 3.05. The molecule has 1 saturated carbocycles. The van der Waals surface area contributed by atoms with Gasteiger partial charge in [0.1, 0.15) is 6.17 Å². The summed E-state index contributed by atoms with van der Waals surface area (Å²) >= 11 is 1.64. The quantitative estimate of drug-likeness (QED) is 0.620. The van der Waals surface area contributed by atoms with Gasteiger partial charge in [0, 0.05) is 24.9 Å². The van der Waals surface area contributed by atoms with Crippen molar-refractivity contribution >= 4 is 28.5 Å². The molecule has 0 spiro atoms. The van der Waals surface area contributed by atoms with Gasteiger partial charge >= 0.3 is 6.18 Å². The molecule has 1 aliphatic carbocycles. The number of anilines is 1. The van der Waals surface area contributed by atoms with E-state index in [1.807, 2.05) is 0 Å². The minimum absolute atomic E-state index is 0.185. The van der Waals surface area contributed by atoms with Crippen molar-refractivity contribution in [3.63, 3.8) is 0 Å². The predicted molar refractivity (Wildman–Crippen MR) is 112 cm³/mol. The molecule has 1 saturated heterocycles. The van der Waals surface area contributed by atoms with Gasteiger partial charge in [-0.25, -0.2) is 0 Å². The number of carbonyl (C=O) groups excluding carboxylic acids is 1. The monoisotopic (exact) mass is 427 g/mol. The molecule has 3 rings (SSSR count). The molecule has 2 fully saturated rings. The van der Waals surface area contributed by atoms with Crippen LogP contribution in [0.2, 0.25) is 0 Å². The van der Waals surface area contributed by atoms with Crippen molar-refractivity contribution in [2.45, 2.75) is 70.8 Å². The first-order chi connectivity index (χ1) is 13.8. The largest absolute Gasteiger partial charge is 0.416 e. The summed E-state index contributed by atoms with van der Waals surface area (Å²) in [7, 11) is 0. The maximum atomic E-state index is 12.9. The molecular formula is C21H28F3N3OS. The standard InChI is InChI=1S/C21H28F3N3OS/c1-3-13-26-19(14-29-20(26)25-17-7-5-4-6-8-17)27(15(2)28)18-11-9-16(10-12-18)21(22,23)24/h9-12,17,19H,3-8,13-14H2,1-2H3. The SMILES string of the molecule is CCCN1C(=NC2CCCCC2)SCC1N(C(C)=O)c1ccc(C(F)(F)F)cc1. The van der Waals surface area contributed by atoms with Crippen LogP contribution in [-0.4, -0.2) is 40.5 Å². The third kappa shape index (κ3) is 5.27. The highest BCUT2D eigenvalue weighted by Crippen LogP contribution is 2.34. The normalized spacial score (nSPS) is 22.3. The van der Waals surface area contributed by atoms with Gasteiger partial charge in [-0.05, 0) is 43.5 Å². The van der Waals surface area contributed by atoms with Gasteiger partial charge in [-0.3, -0.25) is 14.7 Å². The Bertz CT molecular complexity index is 730. The Hall–Kier alpha value is -1.70. The van der Waals surface area contributed by atoms with Crippen molar-refractivity contribution in [3.05, 3.63) is 29.8 Å². The van der Waals surface area contributed by atoms with Crippen LogP contribution in [0, 0.1) is 0 Å². The second-order valence-electron chi connectivity index (χ2n) is 7.62.